The molecule has 0 aromatic rings. The van der Waals surface area contributed by atoms with Crippen molar-refractivity contribution in [3.8, 4) is 0 Å². The predicted molar refractivity (Wildman–Crippen MR) is 67.8 cm³/mol. The van der Waals surface area contributed by atoms with Crippen LogP contribution in [-0.4, -0.2) is 56.2 Å². The Labute approximate surface area is 104 Å². The third-order valence-corrected chi connectivity index (χ3v) is 3.10. The predicted octanol–water partition coefficient (Wildman–Crippen LogP) is -0.0477. The molecule has 1 aliphatic rings. The molecule has 17 heavy (non-hydrogen) atoms. The molecule has 1 unspecified atom stereocenters. The van der Waals surface area contributed by atoms with Gasteiger partial charge in [-0.15, -0.1) is 0 Å². The second kappa shape index (κ2) is 8.44. The van der Waals surface area contributed by atoms with Gasteiger partial charge < -0.3 is 15.8 Å². The highest BCUT2D eigenvalue weighted by Crippen LogP contribution is 2.11. The molecule has 0 aromatic carbocycles. The normalized spacial score (nSPS) is 18.9. The van der Waals surface area contributed by atoms with Gasteiger partial charge in [0.2, 0.25) is 5.91 Å². The summed E-state index contributed by atoms with van der Waals surface area (Å²) in [5.74, 6) is -0.0534. The summed E-state index contributed by atoms with van der Waals surface area (Å²) in [7, 11) is 0. The van der Waals surface area contributed by atoms with E-state index >= 15 is 0 Å². The van der Waals surface area contributed by atoms with Crippen LogP contribution in [0.2, 0.25) is 0 Å². The zero-order chi connectivity index (χ0) is 12.5. The highest BCUT2D eigenvalue weighted by molar-refractivity contribution is 5.77. The first-order valence-corrected chi connectivity index (χ1v) is 6.52. The van der Waals surface area contributed by atoms with Crippen LogP contribution in [0.4, 0.5) is 0 Å². The van der Waals surface area contributed by atoms with Gasteiger partial charge in [0.15, 0.2) is 0 Å². The van der Waals surface area contributed by atoms with E-state index in [1.807, 2.05) is 0 Å². The molecule has 0 aliphatic carbocycles. The van der Waals surface area contributed by atoms with Crippen LogP contribution in [0.3, 0.4) is 0 Å². The number of nitrogens with one attached hydrogen (secondary N) is 1. The Morgan fingerprint density at radius 2 is 2.12 bits per heavy atom. The summed E-state index contributed by atoms with van der Waals surface area (Å²) < 4.78 is 5.07. The van der Waals surface area contributed by atoms with Crippen molar-refractivity contribution in [1.29, 1.82) is 0 Å². The van der Waals surface area contributed by atoms with Crippen LogP contribution in [0.25, 0.3) is 0 Å². The molecule has 1 saturated heterocycles. The van der Waals surface area contributed by atoms with Crippen LogP contribution in [0.15, 0.2) is 0 Å². The SMILES string of the molecule is CC(CNC(=O)COCCN)N1CCCCC1. The van der Waals surface area contributed by atoms with E-state index in [1.54, 1.807) is 0 Å². The Balaban J connectivity index is 2.09. The summed E-state index contributed by atoms with van der Waals surface area (Å²) in [5, 5.41) is 2.89. The van der Waals surface area contributed by atoms with Crippen LogP contribution in [0.1, 0.15) is 26.2 Å². The van der Waals surface area contributed by atoms with Crippen LogP contribution >= 0.6 is 0 Å². The molecule has 0 radical (unpaired) electrons. The van der Waals surface area contributed by atoms with Crippen molar-refractivity contribution in [2.75, 3.05) is 39.4 Å². The van der Waals surface area contributed by atoms with Crippen LogP contribution in [0, 0.1) is 0 Å². The molecule has 0 spiro atoms. The van der Waals surface area contributed by atoms with Crippen LogP contribution in [0.5, 0.6) is 0 Å². The first-order chi connectivity index (χ1) is 8.24. The summed E-state index contributed by atoms with van der Waals surface area (Å²) in [5.41, 5.74) is 5.27. The van der Waals surface area contributed by atoms with Crippen molar-refractivity contribution in [1.82, 2.24) is 10.2 Å². The van der Waals surface area contributed by atoms with E-state index in [4.69, 9.17) is 10.5 Å². The van der Waals surface area contributed by atoms with Crippen molar-refractivity contribution in [2.45, 2.75) is 32.2 Å². The Kier molecular flexibility index (Phi) is 7.16. The second-order valence-electron chi connectivity index (χ2n) is 4.59. The number of carbonyl (C=O) groups is 1. The fraction of sp³-hybridized carbons (Fsp3) is 0.917. The van der Waals surface area contributed by atoms with Gasteiger partial charge >= 0.3 is 0 Å². The molecule has 0 saturated carbocycles. The number of nitrogens with two attached hydrogens (primary N) is 1. The van der Waals surface area contributed by atoms with Crippen LogP contribution < -0.4 is 11.1 Å². The topological polar surface area (TPSA) is 67.6 Å². The van der Waals surface area contributed by atoms with Crippen molar-refractivity contribution in [2.24, 2.45) is 5.73 Å². The van der Waals surface area contributed by atoms with Gasteiger partial charge in [-0.2, -0.15) is 0 Å². The number of hydrogen-bond donors (Lipinski definition) is 2. The Bertz CT molecular complexity index is 218. The van der Waals surface area contributed by atoms with Gasteiger partial charge in [-0.1, -0.05) is 6.42 Å². The zero-order valence-electron chi connectivity index (χ0n) is 10.8. The van der Waals surface area contributed by atoms with Gasteiger partial charge in [0.25, 0.3) is 0 Å². The van der Waals surface area contributed by atoms with Gasteiger partial charge in [-0.3, -0.25) is 9.69 Å². The summed E-state index contributed by atoms with van der Waals surface area (Å²) in [4.78, 5) is 13.8. The maximum Gasteiger partial charge on any atom is 0.246 e. The Hall–Kier alpha value is -0.650. The molecule has 3 N–H and O–H groups in total. The summed E-state index contributed by atoms with van der Waals surface area (Å²) in [6.45, 7) is 6.18. The lowest BCUT2D eigenvalue weighted by atomic mass is 10.1. The number of amides is 1. The molecule has 5 heteroatoms. The van der Waals surface area contributed by atoms with E-state index in [-0.39, 0.29) is 12.5 Å². The molecular formula is C12H25N3O2. The van der Waals surface area contributed by atoms with Crippen molar-refractivity contribution in [3.05, 3.63) is 0 Å². The summed E-state index contributed by atoms with van der Waals surface area (Å²) in [6.07, 6.45) is 3.89. The Morgan fingerprint density at radius 3 is 2.76 bits per heavy atom. The lowest BCUT2D eigenvalue weighted by Crippen LogP contribution is -2.45. The number of nitrogens with zero attached hydrogens (tertiary/aromatic N) is 1. The molecule has 1 aliphatic heterocycles. The molecule has 0 bridgehead atoms. The first kappa shape index (κ1) is 14.4. The number of carbonyl (C=O) groups excluding carboxylic acids is 1. The van der Waals surface area contributed by atoms with E-state index in [9.17, 15) is 4.79 Å². The minimum absolute atomic E-state index is 0.0534. The lowest BCUT2D eigenvalue weighted by molar-refractivity contribution is -0.125. The second-order valence-corrected chi connectivity index (χ2v) is 4.59. The highest BCUT2D eigenvalue weighted by atomic mass is 16.5. The molecule has 1 amide bonds. The smallest absolute Gasteiger partial charge is 0.246 e. The van der Waals surface area contributed by atoms with E-state index in [2.05, 4.69) is 17.1 Å². The van der Waals surface area contributed by atoms with E-state index in [1.165, 1.54) is 19.3 Å². The van der Waals surface area contributed by atoms with Gasteiger partial charge in [-0.05, 0) is 32.9 Å². The van der Waals surface area contributed by atoms with Gasteiger partial charge in [0.1, 0.15) is 6.61 Å². The van der Waals surface area contributed by atoms with Crippen molar-refractivity contribution < 1.29 is 9.53 Å². The minimum atomic E-state index is -0.0534. The van der Waals surface area contributed by atoms with Crippen molar-refractivity contribution in [3.63, 3.8) is 0 Å². The van der Waals surface area contributed by atoms with Crippen LogP contribution in [-0.2, 0) is 9.53 Å². The summed E-state index contributed by atoms with van der Waals surface area (Å²) >= 11 is 0. The molecule has 1 rings (SSSR count). The molecule has 100 valence electrons. The lowest BCUT2D eigenvalue weighted by Gasteiger charge is -2.32. The van der Waals surface area contributed by atoms with Gasteiger partial charge in [0, 0.05) is 19.1 Å². The number of rotatable bonds is 7. The number of likely N-dealkylation sites (tertiary alicyclic amines) is 1. The minimum Gasteiger partial charge on any atom is -0.370 e. The monoisotopic (exact) mass is 243 g/mol. The van der Waals surface area contributed by atoms with Crippen molar-refractivity contribution >= 4 is 5.91 Å². The number of ether oxygens (including phenoxy) is 1. The summed E-state index contributed by atoms with van der Waals surface area (Å²) in [6, 6.07) is 0.411. The number of hydrogen-bond acceptors (Lipinski definition) is 4. The number of piperidine rings is 1. The average molecular weight is 243 g/mol. The highest BCUT2D eigenvalue weighted by Gasteiger charge is 2.16. The molecule has 5 nitrogen and oxygen atoms in total. The Morgan fingerprint density at radius 1 is 1.41 bits per heavy atom. The van der Waals surface area contributed by atoms with Gasteiger partial charge in [0.05, 0.1) is 6.61 Å². The molecule has 1 heterocycles. The molecular weight excluding hydrogens is 218 g/mol. The largest absolute Gasteiger partial charge is 0.370 e. The first-order valence-electron chi connectivity index (χ1n) is 6.52. The zero-order valence-corrected chi connectivity index (χ0v) is 10.8. The average Bonchev–Trinajstić information content (AvgIpc) is 2.37. The maximum atomic E-state index is 11.4. The third-order valence-electron chi connectivity index (χ3n) is 3.10. The third kappa shape index (κ3) is 6.00. The standard InChI is InChI=1S/C12H25N3O2/c1-11(15-6-3-2-4-7-15)9-14-12(16)10-17-8-5-13/h11H,2-10,13H2,1H3,(H,14,16). The maximum absolute atomic E-state index is 11.4. The fourth-order valence-electron chi connectivity index (χ4n) is 2.05. The van der Waals surface area contributed by atoms with E-state index in [0.29, 0.717) is 25.7 Å². The molecule has 0 aromatic heterocycles. The quantitative estimate of drug-likeness (QED) is 0.615. The van der Waals surface area contributed by atoms with Gasteiger partial charge in [-0.25, -0.2) is 0 Å². The molecule has 1 fully saturated rings. The molecule has 1 atom stereocenters. The van der Waals surface area contributed by atoms with E-state index < -0.39 is 0 Å². The fourth-order valence-corrected chi connectivity index (χ4v) is 2.05. The van der Waals surface area contributed by atoms with E-state index in [0.717, 1.165) is 13.1 Å².